The summed E-state index contributed by atoms with van der Waals surface area (Å²) in [4.78, 5) is 0. The SMILES string of the molecule is CCC(C)(C#N)/N=N/C(C)(C#N)CC(C)C. The molecule has 16 heavy (non-hydrogen) atoms. The highest BCUT2D eigenvalue weighted by molar-refractivity contribution is 5.07. The van der Waals surface area contributed by atoms with Crippen molar-refractivity contribution in [3.63, 3.8) is 0 Å². The Kier molecular flexibility index (Phi) is 5.11. The minimum absolute atomic E-state index is 0.374. The molecule has 0 aromatic carbocycles. The summed E-state index contributed by atoms with van der Waals surface area (Å²) in [6.45, 7) is 9.44. The van der Waals surface area contributed by atoms with Gasteiger partial charge >= 0.3 is 0 Å². The number of nitriles is 2. The third kappa shape index (κ3) is 4.40. The summed E-state index contributed by atoms with van der Waals surface area (Å²) >= 11 is 0. The summed E-state index contributed by atoms with van der Waals surface area (Å²) in [5.74, 6) is 0.374. The van der Waals surface area contributed by atoms with Crippen molar-refractivity contribution in [2.75, 3.05) is 0 Å². The summed E-state index contributed by atoms with van der Waals surface area (Å²) in [5, 5.41) is 26.1. The van der Waals surface area contributed by atoms with Crippen molar-refractivity contribution in [2.45, 2.75) is 58.5 Å². The second kappa shape index (κ2) is 5.61. The van der Waals surface area contributed by atoms with Gasteiger partial charge in [-0.05, 0) is 32.6 Å². The number of azo groups is 1. The molecule has 0 saturated carbocycles. The normalized spacial score (nSPS) is 18.8. The Hall–Kier alpha value is -1.42. The van der Waals surface area contributed by atoms with Crippen LogP contribution in [0.5, 0.6) is 0 Å². The molecule has 0 rings (SSSR count). The first-order valence-electron chi connectivity index (χ1n) is 5.57. The lowest BCUT2D eigenvalue weighted by atomic mass is 9.93. The lowest BCUT2D eigenvalue weighted by molar-refractivity contribution is 0.409. The van der Waals surface area contributed by atoms with E-state index in [1.54, 1.807) is 13.8 Å². The molecule has 0 radical (unpaired) electrons. The quantitative estimate of drug-likeness (QED) is 0.665. The van der Waals surface area contributed by atoms with Gasteiger partial charge in [0.05, 0.1) is 12.1 Å². The van der Waals surface area contributed by atoms with Crippen LogP contribution in [0.2, 0.25) is 0 Å². The molecule has 0 aliphatic rings. The first-order chi connectivity index (χ1) is 7.31. The zero-order valence-corrected chi connectivity index (χ0v) is 10.8. The molecule has 0 amide bonds. The molecular weight excluding hydrogens is 200 g/mol. The monoisotopic (exact) mass is 220 g/mol. The summed E-state index contributed by atoms with van der Waals surface area (Å²) in [5.41, 5.74) is -1.63. The second-order valence-electron chi connectivity index (χ2n) is 4.92. The Balaban J connectivity index is 4.87. The summed E-state index contributed by atoms with van der Waals surface area (Å²) in [7, 11) is 0. The highest BCUT2D eigenvalue weighted by Crippen LogP contribution is 2.23. The van der Waals surface area contributed by atoms with Gasteiger partial charge in [-0.2, -0.15) is 20.8 Å². The van der Waals surface area contributed by atoms with Crippen molar-refractivity contribution in [3.8, 4) is 12.1 Å². The zero-order valence-electron chi connectivity index (χ0n) is 10.8. The van der Waals surface area contributed by atoms with Crippen LogP contribution in [0.1, 0.15) is 47.5 Å². The van der Waals surface area contributed by atoms with E-state index in [1.807, 2.05) is 20.8 Å². The summed E-state index contributed by atoms with van der Waals surface area (Å²) in [6, 6.07) is 4.27. The van der Waals surface area contributed by atoms with Gasteiger partial charge in [-0.3, -0.25) is 0 Å². The third-order valence-electron chi connectivity index (χ3n) is 2.47. The maximum atomic E-state index is 9.09. The Bertz CT molecular complexity index is 334. The van der Waals surface area contributed by atoms with Crippen LogP contribution in [0, 0.1) is 28.6 Å². The molecule has 0 heterocycles. The predicted octanol–water partition coefficient (Wildman–Crippen LogP) is 3.46. The van der Waals surface area contributed by atoms with Gasteiger partial charge in [-0.25, -0.2) is 0 Å². The van der Waals surface area contributed by atoms with Crippen LogP contribution in [0.15, 0.2) is 10.2 Å². The van der Waals surface area contributed by atoms with Gasteiger partial charge in [0, 0.05) is 0 Å². The van der Waals surface area contributed by atoms with E-state index in [0.717, 1.165) is 0 Å². The maximum Gasteiger partial charge on any atom is 0.165 e. The molecule has 2 unspecified atom stereocenters. The van der Waals surface area contributed by atoms with Gasteiger partial charge in [0.1, 0.15) is 0 Å². The molecule has 0 aliphatic carbocycles. The highest BCUT2D eigenvalue weighted by atomic mass is 15.2. The minimum atomic E-state index is -0.818. The standard InChI is InChI=1S/C12H20N4/c1-6-11(4,8-13)15-16-12(5,9-14)7-10(2)3/h10H,6-7H2,1-5H3/b16-15+. The first-order valence-corrected chi connectivity index (χ1v) is 5.57. The molecule has 0 fully saturated rings. The lowest BCUT2D eigenvalue weighted by Crippen LogP contribution is -2.24. The largest absolute Gasteiger partial charge is 0.196 e. The zero-order chi connectivity index (χ0) is 12.8. The highest BCUT2D eigenvalue weighted by Gasteiger charge is 2.27. The van der Waals surface area contributed by atoms with Gasteiger partial charge in [0.25, 0.3) is 0 Å². The molecule has 4 nitrogen and oxygen atoms in total. The Morgan fingerprint density at radius 3 is 1.81 bits per heavy atom. The van der Waals surface area contributed by atoms with E-state index in [9.17, 15) is 0 Å². The minimum Gasteiger partial charge on any atom is -0.196 e. The van der Waals surface area contributed by atoms with Crippen LogP contribution < -0.4 is 0 Å². The van der Waals surface area contributed by atoms with Crippen LogP contribution in [-0.2, 0) is 0 Å². The van der Waals surface area contributed by atoms with E-state index in [4.69, 9.17) is 10.5 Å². The van der Waals surface area contributed by atoms with Crippen LogP contribution >= 0.6 is 0 Å². The molecule has 0 aliphatic heterocycles. The molecule has 0 aromatic heterocycles. The maximum absolute atomic E-state index is 9.09. The summed E-state index contributed by atoms with van der Waals surface area (Å²) in [6.07, 6.45) is 1.24. The Labute approximate surface area is 98.0 Å². The molecule has 0 aromatic rings. The van der Waals surface area contributed by atoms with Gasteiger partial charge in [-0.1, -0.05) is 20.8 Å². The van der Waals surface area contributed by atoms with E-state index in [1.165, 1.54) is 0 Å². The van der Waals surface area contributed by atoms with Crippen LogP contribution in [0.25, 0.3) is 0 Å². The molecular formula is C12H20N4. The first kappa shape index (κ1) is 14.6. The Morgan fingerprint density at radius 1 is 1.06 bits per heavy atom. The molecule has 2 atom stereocenters. The van der Waals surface area contributed by atoms with Gasteiger partial charge < -0.3 is 0 Å². The fourth-order valence-corrected chi connectivity index (χ4v) is 1.30. The van der Waals surface area contributed by atoms with E-state index in [2.05, 4.69) is 22.4 Å². The van der Waals surface area contributed by atoms with Gasteiger partial charge in [0.2, 0.25) is 0 Å². The van der Waals surface area contributed by atoms with Crippen molar-refractivity contribution in [1.29, 1.82) is 10.5 Å². The molecule has 4 heteroatoms. The van der Waals surface area contributed by atoms with Crippen LogP contribution in [0.3, 0.4) is 0 Å². The topological polar surface area (TPSA) is 72.3 Å². The third-order valence-corrected chi connectivity index (χ3v) is 2.47. The van der Waals surface area contributed by atoms with Crippen molar-refractivity contribution in [2.24, 2.45) is 16.1 Å². The van der Waals surface area contributed by atoms with Crippen LogP contribution in [0.4, 0.5) is 0 Å². The number of hydrogen-bond donors (Lipinski definition) is 0. The predicted molar refractivity (Wildman–Crippen MR) is 62.6 cm³/mol. The van der Waals surface area contributed by atoms with Crippen molar-refractivity contribution < 1.29 is 0 Å². The molecule has 88 valence electrons. The summed E-state index contributed by atoms with van der Waals surface area (Å²) < 4.78 is 0. The molecule has 0 N–H and O–H groups in total. The van der Waals surface area contributed by atoms with E-state index < -0.39 is 11.1 Å². The van der Waals surface area contributed by atoms with Crippen molar-refractivity contribution in [1.82, 2.24) is 0 Å². The van der Waals surface area contributed by atoms with Gasteiger partial charge in [0.15, 0.2) is 11.1 Å². The second-order valence-corrected chi connectivity index (χ2v) is 4.92. The average molecular weight is 220 g/mol. The van der Waals surface area contributed by atoms with E-state index in [0.29, 0.717) is 18.8 Å². The van der Waals surface area contributed by atoms with Crippen LogP contribution in [-0.4, -0.2) is 11.1 Å². The van der Waals surface area contributed by atoms with Gasteiger partial charge in [-0.15, -0.1) is 0 Å². The van der Waals surface area contributed by atoms with Crippen molar-refractivity contribution in [3.05, 3.63) is 0 Å². The molecule has 0 saturated heterocycles. The Morgan fingerprint density at radius 2 is 1.50 bits per heavy atom. The molecule has 0 spiro atoms. The fraction of sp³-hybridized carbons (Fsp3) is 0.833. The molecule has 0 bridgehead atoms. The van der Waals surface area contributed by atoms with E-state index >= 15 is 0 Å². The fourth-order valence-electron chi connectivity index (χ4n) is 1.30. The smallest absolute Gasteiger partial charge is 0.165 e. The number of rotatable bonds is 5. The number of nitrogens with zero attached hydrogens (tertiary/aromatic N) is 4. The number of hydrogen-bond acceptors (Lipinski definition) is 4. The lowest BCUT2D eigenvalue weighted by Gasteiger charge is -2.20. The van der Waals surface area contributed by atoms with E-state index in [-0.39, 0.29) is 0 Å². The average Bonchev–Trinajstić information content (AvgIpc) is 2.25. The van der Waals surface area contributed by atoms with Crippen molar-refractivity contribution >= 4 is 0 Å².